The van der Waals surface area contributed by atoms with Gasteiger partial charge in [-0.2, -0.15) is 0 Å². The molecule has 8 heteroatoms. The molecule has 1 aliphatic heterocycles. The SMILES string of the molecule is COc1ccc(N2C(=O)[C@@H](Cc3ccc(O)cc3)[C@H]2C(=O)OCc2ccc(C(=O)OC(C)(C)C)cc2)cc1. The quantitative estimate of drug-likeness (QED) is 0.342. The number of esters is 2. The fourth-order valence-corrected chi connectivity index (χ4v) is 4.25. The summed E-state index contributed by atoms with van der Waals surface area (Å²) < 4.78 is 16.2. The van der Waals surface area contributed by atoms with Crippen molar-refractivity contribution < 1.29 is 33.7 Å². The van der Waals surface area contributed by atoms with Crippen LogP contribution in [0.1, 0.15) is 42.3 Å². The lowest BCUT2D eigenvalue weighted by Crippen LogP contribution is -2.65. The number of carbonyl (C=O) groups excluding carboxylic acids is 3. The van der Waals surface area contributed by atoms with E-state index in [4.69, 9.17) is 14.2 Å². The number of aromatic hydroxyl groups is 1. The number of methoxy groups -OCH3 is 1. The Hall–Kier alpha value is -4.33. The first-order valence-corrected chi connectivity index (χ1v) is 12.3. The van der Waals surface area contributed by atoms with Gasteiger partial charge in [-0.05, 0) is 86.8 Å². The topological polar surface area (TPSA) is 102 Å². The maximum Gasteiger partial charge on any atom is 0.338 e. The highest BCUT2D eigenvalue weighted by Crippen LogP contribution is 2.36. The molecule has 198 valence electrons. The van der Waals surface area contributed by atoms with Gasteiger partial charge in [0, 0.05) is 5.69 Å². The molecule has 1 heterocycles. The van der Waals surface area contributed by atoms with Crippen molar-refractivity contribution in [3.63, 3.8) is 0 Å². The molecule has 0 bridgehead atoms. The lowest BCUT2D eigenvalue weighted by molar-refractivity contribution is -0.155. The number of nitrogens with zero attached hydrogens (tertiary/aromatic N) is 1. The molecule has 1 amide bonds. The van der Waals surface area contributed by atoms with Gasteiger partial charge in [-0.1, -0.05) is 24.3 Å². The van der Waals surface area contributed by atoms with Crippen LogP contribution in [-0.4, -0.2) is 41.7 Å². The second kappa shape index (κ2) is 11.0. The number of rotatable bonds is 8. The first-order chi connectivity index (χ1) is 18.1. The maximum absolute atomic E-state index is 13.3. The van der Waals surface area contributed by atoms with Gasteiger partial charge >= 0.3 is 11.9 Å². The Balaban J connectivity index is 1.48. The molecule has 3 aromatic rings. The Morgan fingerprint density at radius 1 is 0.895 bits per heavy atom. The Kier molecular flexibility index (Phi) is 7.71. The minimum atomic E-state index is -0.814. The summed E-state index contributed by atoms with van der Waals surface area (Å²) in [5, 5.41) is 9.58. The van der Waals surface area contributed by atoms with Crippen LogP contribution in [0.2, 0.25) is 0 Å². The molecular formula is C30H31NO7. The zero-order chi connectivity index (χ0) is 27.4. The number of anilines is 1. The third kappa shape index (κ3) is 6.14. The monoisotopic (exact) mass is 517 g/mol. The van der Waals surface area contributed by atoms with Crippen LogP contribution < -0.4 is 9.64 Å². The van der Waals surface area contributed by atoms with Crippen LogP contribution in [-0.2, 0) is 32.1 Å². The first-order valence-electron chi connectivity index (χ1n) is 12.3. The van der Waals surface area contributed by atoms with Crippen molar-refractivity contribution in [2.45, 2.75) is 45.4 Å². The van der Waals surface area contributed by atoms with Crippen LogP contribution in [0.25, 0.3) is 0 Å². The maximum atomic E-state index is 13.3. The minimum absolute atomic E-state index is 0.0134. The van der Waals surface area contributed by atoms with Gasteiger partial charge in [-0.25, -0.2) is 9.59 Å². The van der Waals surface area contributed by atoms with E-state index < -0.39 is 29.5 Å². The van der Waals surface area contributed by atoms with Gasteiger partial charge < -0.3 is 19.3 Å². The lowest BCUT2D eigenvalue weighted by atomic mass is 9.81. The Morgan fingerprint density at radius 3 is 2.08 bits per heavy atom. The normalized spacial score (nSPS) is 16.9. The molecule has 4 rings (SSSR count). The number of phenolic OH excluding ortho intramolecular Hbond substituents is 1. The largest absolute Gasteiger partial charge is 0.508 e. The highest BCUT2D eigenvalue weighted by molar-refractivity contribution is 6.10. The Bertz CT molecular complexity index is 1290. The molecule has 0 unspecified atom stereocenters. The number of benzene rings is 3. The molecule has 0 aromatic heterocycles. The van der Waals surface area contributed by atoms with Crippen molar-refractivity contribution in [3.05, 3.63) is 89.5 Å². The summed E-state index contributed by atoms with van der Waals surface area (Å²) in [7, 11) is 1.55. The summed E-state index contributed by atoms with van der Waals surface area (Å²) in [6.07, 6.45) is 0.329. The molecule has 38 heavy (non-hydrogen) atoms. The molecule has 0 saturated carbocycles. The Morgan fingerprint density at radius 2 is 1.50 bits per heavy atom. The molecule has 0 radical (unpaired) electrons. The minimum Gasteiger partial charge on any atom is -0.508 e. The number of amides is 1. The molecule has 2 atom stereocenters. The van der Waals surface area contributed by atoms with Gasteiger partial charge in [0.05, 0.1) is 18.6 Å². The molecule has 1 N–H and O–H groups in total. The molecule has 1 saturated heterocycles. The average molecular weight is 518 g/mol. The average Bonchev–Trinajstić information content (AvgIpc) is 2.89. The van der Waals surface area contributed by atoms with Crippen molar-refractivity contribution in [1.82, 2.24) is 0 Å². The smallest absolute Gasteiger partial charge is 0.338 e. The summed E-state index contributed by atoms with van der Waals surface area (Å²) in [4.78, 5) is 40.2. The summed E-state index contributed by atoms with van der Waals surface area (Å²) in [6.45, 7) is 5.39. The molecule has 1 fully saturated rings. The van der Waals surface area contributed by atoms with Crippen molar-refractivity contribution >= 4 is 23.5 Å². The van der Waals surface area contributed by atoms with E-state index in [0.717, 1.165) is 5.56 Å². The third-order valence-electron chi connectivity index (χ3n) is 6.17. The lowest BCUT2D eigenvalue weighted by Gasteiger charge is -2.45. The van der Waals surface area contributed by atoms with E-state index >= 15 is 0 Å². The van der Waals surface area contributed by atoms with E-state index in [2.05, 4.69) is 0 Å². The van der Waals surface area contributed by atoms with Crippen molar-refractivity contribution in [1.29, 1.82) is 0 Å². The molecule has 3 aromatic carbocycles. The number of phenols is 1. The summed E-state index contributed by atoms with van der Waals surface area (Å²) in [6, 6.07) is 19.3. The molecule has 0 spiro atoms. The van der Waals surface area contributed by atoms with Gasteiger partial charge in [0.1, 0.15) is 29.7 Å². The van der Waals surface area contributed by atoms with Gasteiger partial charge in [0.2, 0.25) is 5.91 Å². The summed E-state index contributed by atoms with van der Waals surface area (Å²) in [5.41, 5.74) is 1.90. The second-order valence-corrected chi connectivity index (χ2v) is 10.1. The van der Waals surface area contributed by atoms with Crippen molar-refractivity contribution in [2.75, 3.05) is 12.0 Å². The van der Waals surface area contributed by atoms with E-state index in [1.54, 1.807) is 101 Å². The zero-order valence-corrected chi connectivity index (χ0v) is 21.8. The van der Waals surface area contributed by atoms with E-state index in [9.17, 15) is 19.5 Å². The highest BCUT2D eigenvalue weighted by Gasteiger charge is 2.52. The van der Waals surface area contributed by atoms with Gasteiger partial charge in [0.15, 0.2) is 0 Å². The molecule has 1 aliphatic rings. The molecule has 0 aliphatic carbocycles. The first kappa shape index (κ1) is 26.7. The Labute approximate surface area is 221 Å². The number of hydrogen-bond donors (Lipinski definition) is 1. The standard InChI is InChI=1S/C30H31NO7/c1-30(2,3)38-28(34)21-9-5-20(6-10-21)18-37-29(35)26-25(17-19-7-13-23(32)14-8-19)27(33)31(26)22-11-15-24(36-4)16-12-22/h5-16,25-26,32H,17-18H2,1-4H3/t25-,26-/m0/s1. The fraction of sp³-hybridized carbons (Fsp3) is 0.300. The molecule has 8 nitrogen and oxygen atoms in total. The van der Waals surface area contributed by atoms with Crippen LogP contribution >= 0.6 is 0 Å². The van der Waals surface area contributed by atoms with E-state index in [0.29, 0.717) is 29.0 Å². The number of ether oxygens (including phenoxy) is 3. The van der Waals surface area contributed by atoms with Crippen LogP contribution in [0.5, 0.6) is 11.5 Å². The second-order valence-electron chi connectivity index (χ2n) is 10.1. The van der Waals surface area contributed by atoms with Crippen LogP contribution in [0, 0.1) is 5.92 Å². The predicted octanol–water partition coefficient (Wildman–Crippen LogP) is 4.67. The van der Waals surface area contributed by atoms with Crippen LogP contribution in [0.3, 0.4) is 0 Å². The number of hydrogen-bond acceptors (Lipinski definition) is 7. The van der Waals surface area contributed by atoms with E-state index in [1.807, 2.05) is 0 Å². The van der Waals surface area contributed by atoms with E-state index in [-0.39, 0.29) is 18.3 Å². The van der Waals surface area contributed by atoms with E-state index in [1.165, 1.54) is 4.90 Å². The van der Waals surface area contributed by atoms with Gasteiger partial charge in [-0.3, -0.25) is 9.69 Å². The molecular weight excluding hydrogens is 486 g/mol. The van der Waals surface area contributed by atoms with Crippen LogP contribution in [0.15, 0.2) is 72.8 Å². The van der Waals surface area contributed by atoms with Crippen LogP contribution in [0.4, 0.5) is 5.69 Å². The number of carbonyl (C=O) groups is 3. The summed E-state index contributed by atoms with van der Waals surface area (Å²) in [5.74, 6) is -0.990. The fourth-order valence-electron chi connectivity index (χ4n) is 4.25. The van der Waals surface area contributed by atoms with Crippen molar-refractivity contribution in [3.8, 4) is 11.5 Å². The predicted molar refractivity (Wildman–Crippen MR) is 141 cm³/mol. The number of β-lactam (4-membered cyclic amide) rings is 1. The van der Waals surface area contributed by atoms with Gasteiger partial charge in [0.25, 0.3) is 0 Å². The van der Waals surface area contributed by atoms with Gasteiger partial charge in [-0.15, -0.1) is 0 Å². The third-order valence-corrected chi connectivity index (χ3v) is 6.17. The van der Waals surface area contributed by atoms with Crippen molar-refractivity contribution in [2.24, 2.45) is 5.92 Å². The zero-order valence-electron chi connectivity index (χ0n) is 21.8. The highest BCUT2D eigenvalue weighted by atomic mass is 16.6. The summed E-state index contributed by atoms with van der Waals surface area (Å²) >= 11 is 0.